The molecule has 2 aromatic carbocycles. The van der Waals surface area contributed by atoms with Crippen LogP contribution in [0.3, 0.4) is 0 Å². The first-order valence-corrected chi connectivity index (χ1v) is 9.26. The van der Waals surface area contributed by atoms with Crippen LogP contribution in [-0.2, 0) is 11.2 Å². The highest BCUT2D eigenvalue weighted by Gasteiger charge is 2.16. The highest BCUT2D eigenvalue weighted by atomic mass is 16.1. The van der Waals surface area contributed by atoms with Crippen molar-refractivity contribution in [3.05, 3.63) is 59.7 Å². The number of hydrogen-bond acceptors (Lipinski definition) is 3. The number of amides is 1. The summed E-state index contributed by atoms with van der Waals surface area (Å²) in [6.45, 7) is 6.13. The SMILES string of the molecule is CC[C@@H](C)c1n[nH]c([C@H](C)NC(=O)CCc2ccc3ccccc3c2)n1. The monoisotopic (exact) mass is 350 g/mol. The zero-order chi connectivity index (χ0) is 18.5. The van der Waals surface area contributed by atoms with Crippen LogP contribution in [0.25, 0.3) is 10.8 Å². The molecular formula is C21H26N4O. The second kappa shape index (κ2) is 8.13. The van der Waals surface area contributed by atoms with Gasteiger partial charge in [-0.1, -0.05) is 56.3 Å². The number of nitrogens with zero attached hydrogens (tertiary/aromatic N) is 2. The molecule has 3 aromatic rings. The second-order valence-corrected chi connectivity index (χ2v) is 6.86. The molecule has 0 spiro atoms. The Bertz CT molecular complexity index is 886. The minimum absolute atomic E-state index is 0.0205. The molecule has 2 N–H and O–H groups in total. The maximum atomic E-state index is 12.3. The number of aryl methyl sites for hydroxylation is 1. The van der Waals surface area contributed by atoms with E-state index in [1.54, 1.807) is 0 Å². The highest BCUT2D eigenvalue weighted by Crippen LogP contribution is 2.18. The molecule has 136 valence electrons. The van der Waals surface area contributed by atoms with E-state index in [2.05, 4.69) is 64.7 Å². The van der Waals surface area contributed by atoms with Crippen molar-refractivity contribution in [3.63, 3.8) is 0 Å². The van der Waals surface area contributed by atoms with E-state index in [9.17, 15) is 4.79 Å². The number of nitrogens with one attached hydrogen (secondary N) is 2. The summed E-state index contributed by atoms with van der Waals surface area (Å²) in [4.78, 5) is 16.8. The molecule has 0 aliphatic carbocycles. The van der Waals surface area contributed by atoms with Gasteiger partial charge in [0.2, 0.25) is 5.91 Å². The molecule has 0 radical (unpaired) electrons. The minimum Gasteiger partial charge on any atom is -0.346 e. The highest BCUT2D eigenvalue weighted by molar-refractivity contribution is 5.83. The molecule has 1 aromatic heterocycles. The van der Waals surface area contributed by atoms with Crippen LogP contribution in [0, 0.1) is 0 Å². The Balaban J connectivity index is 1.55. The van der Waals surface area contributed by atoms with Gasteiger partial charge in [-0.05, 0) is 36.1 Å². The predicted octanol–water partition coefficient (Wildman–Crippen LogP) is 4.28. The fourth-order valence-corrected chi connectivity index (χ4v) is 2.92. The molecule has 0 unspecified atom stereocenters. The fourth-order valence-electron chi connectivity index (χ4n) is 2.92. The molecule has 0 fully saturated rings. The molecule has 26 heavy (non-hydrogen) atoms. The number of aromatic amines is 1. The quantitative estimate of drug-likeness (QED) is 0.668. The molecule has 3 rings (SSSR count). The third-order valence-corrected chi connectivity index (χ3v) is 4.82. The first kappa shape index (κ1) is 18.1. The summed E-state index contributed by atoms with van der Waals surface area (Å²) in [7, 11) is 0. The van der Waals surface area contributed by atoms with Gasteiger partial charge in [-0.2, -0.15) is 5.10 Å². The molecule has 1 heterocycles. The molecule has 5 heteroatoms. The summed E-state index contributed by atoms with van der Waals surface area (Å²) in [6.07, 6.45) is 2.16. The first-order valence-electron chi connectivity index (χ1n) is 9.26. The lowest BCUT2D eigenvalue weighted by Gasteiger charge is -2.11. The van der Waals surface area contributed by atoms with Gasteiger partial charge in [0.05, 0.1) is 6.04 Å². The summed E-state index contributed by atoms with van der Waals surface area (Å²) in [5.41, 5.74) is 1.17. The van der Waals surface area contributed by atoms with Crippen LogP contribution < -0.4 is 5.32 Å². The summed E-state index contributed by atoms with van der Waals surface area (Å²) >= 11 is 0. The smallest absolute Gasteiger partial charge is 0.220 e. The third-order valence-electron chi connectivity index (χ3n) is 4.82. The lowest BCUT2D eigenvalue weighted by Crippen LogP contribution is -2.27. The second-order valence-electron chi connectivity index (χ2n) is 6.86. The first-order chi connectivity index (χ1) is 12.6. The molecular weight excluding hydrogens is 324 g/mol. The lowest BCUT2D eigenvalue weighted by molar-refractivity contribution is -0.121. The van der Waals surface area contributed by atoms with Crippen molar-refractivity contribution in [2.24, 2.45) is 0 Å². The van der Waals surface area contributed by atoms with E-state index in [1.165, 1.54) is 16.3 Å². The van der Waals surface area contributed by atoms with Crippen molar-refractivity contribution in [1.82, 2.24) is 20.5 Å². The Labute approximate surface area is 154 Å². The lowest BCUT2D eigenvalue weighted by atomic mass is 10.0. The molecule has 0 saturated carbocycles. The average Bonchev–Trinajstić information content (AvgIpc) is 3.16. The van der Waals surface area contributed by atoms with Gasteiger partial charge in [0.25, 0.3) is 0 Å². The number of aromatic nitrogens is 3. The van der Waals surface area contributed by atoms with Gasteiger partial charge >= 0.3 is 0 Å². The summed E-state index contributed by atoms with van der Waals surface area (Å²) in [5, 5.41) is 12.6. The van der Waals surface area contributed by atoms with Crippen LogP contribution in [0.5, 0.6) is 0 Å². The van der Waals surface area contributed by atoms with Crippen molar-refractivity contribution >= 4 is 16.7 Å². The molecule has 1 amide bonds. The van der Waals surface area contributed by atoms with Crippen molar-refractivity contribution in [2.45, 2.75) is 52.0 Å². The predicted molar refractivity (Wildman–Crippen MR) is 104 cm³/mol. The van der Waals surface area contributed by atoms with E-state index in [0.717, 1.165) is 18.7 Å². The maximum absolute atomic E-state index is 12.3. The number of carbonyl (C=O) groups excluding carboxylic acids is 1. The molecule has 0 bridgehead atoms. The number of hydrogen-bond donors (Lipinski definition) is 2. The van der Waals surface area contributed by atoms with E-state index < -0.39 is 0 Å². The molecule has 0 saturated heterocycles. The van der Waals surface area contributed by atoms with Crippen LogP contribution in [0.2, 0.25) is 0 Å². The fraction of sp³-hybridized carbons (Fsp3) is 0.381. The Morgan fingerprint density at radius 1 is 1.15 bits per heavy atom. The van der Waals surface area contributed by atoms with Crippen LogP contribution in [0.1, 0.15) is 62.8 Å². The minimum atomic E-state index is -0.176. The summed E-state index contributed by atoms with van der Waals surface area (Å²) in [6, 6.07) is 14.4. The van der Waals surface area contributed by atoms with E-state index in [4.69, 9.17) is 0 Å². The largest absolute Gasteiger partial charge is 0.346 e. The summed E-state index contributed by atoms with van der Waals surface area (Å²) < 4.78 is 0. The van der Waals surface area contributed by atoms with Gasteiger partial charge < -0.3 is 5.32 Å². The van der Waals surface area contributed by atoms with Gasteiger partial charge in [0.1, 0.15) is 5.82 Å². The summed E-state index contributed by atoms with van der Waals surface area (Å²) in [5.74, 6) is 1.85. The Hall–Kier alpha value is -2.69. The van der Waals surface area contributed by atoms with Crippen LogP contribution in [0.4, 0.5) is 0 Å². The number of fused-ring (bicyclic) bond motifs is 1. The third kappa shape index (κ3) is 4.28. The van der Waals surface area contributed by atoms with Gasteiger partial charge in [0.15, 0.2) is 5.82 Å². The number of benzene rings is 2. The van der Waals surface area contributed by atoms with Crippen molar-refractivity contribution in [2.75, 3.05) is 0 Å². The van der Waals surface area contributed by atoms with Crippen molar-refractivity contribution in [1.29, 1.82) is 0 Å². The van der Waals surface area contributed by atoms with E-state index in [-0.39, 0.29) is 11.9 Å². The zero-order valence-electron chi connectivity index (χ0n) is 15.6. The van der Waals surface area contributed by atoms with E-state index in [0.29, 0.717) is 18.2 Å². The topological polar surface area (TPSA) is 70.7 Å². The van der Waals surface area contributed by atoms with Gasteiger partial charge in [-0.3, -0.25) is 9.89 Å². The normalized spacial score (nSPS) is 13.5. The molecule has 0 aliphatic rings. The van der Waals surface area contributed by atoms with Gasteiger partial charge in [-0.15, -0.1) is 0 Å². The number of H-pyrrole nitrogens is 1. The zero-order valence-corrected chi connectivity index (χ0v) is 15.6. The Morgan fingerprint density at radius 2 is 1.92 bits per heavy atom. The average molecular weight is 350 g/mol. The van der Waals surface area contributed by atoms with Crippen LogP contribution >= 0.6 is 0 Å². The number of carbonyl (C=O) groups is 1. The Kier molecular flexibility index (Phi) is 5.66. The maximum Gasteiger partial charge on any atom is 0.220 e. The van der Waals surface area contributed by atoms with Gasteiger partial charge in [0, 0.05) is 12.3 Å². The Morgan fingerprint density at radius 3 is 2.69 bits per heavy atom. The van der Waals surface area contributed by atoms with Crippen LogP contribution in [-0.4, -0.2) is 21.1 Å². The van der Waals surface area contributed by atoms with Crippen molar-refractivity contribution in [3.8, 4) is 0 Å². The molecule has 0 aliphatic heterocycles. The van der Waals surface area contributed by atoms with Crippen LogP contribution in [0.15, 0.2) is 42.5 Å². The number of rotatable bonds is 7. The van der Waals surface area contributed by atoms with E-state index >= 15 is 0 Å². The van der Waals surface area contributed by atoms with Gasteiger partial charge in [-0.25, -0.2) is 4.98 Å². The molecule has 5 nitrogen and oxygen atoms in total. The molecule has 2 atom stereocenters. The van der Waals surface area contributed by atoms with E-state index in [1.807, 2.05) is 19.1 Å². The van der Waals surface area contributed by atoms with Crippen molar-refractivity contribution < 1.29 is 4.79 Å². The standard InChI is InChI=1S/C21H26N4O/c1-4-14(2)20-23-21(25-24-20)15(3)22-19(26)12-10-16-9-11-17-7-5-6-8-18(17)13-16/h5-9,11,13-15H,4,10,12H2,1-3H3,(H,22,26)(H,23,24,25)/t14-,15+/m1/s1.